The molecule has 324 valence electrons. The smallest absolute Gasteiger partial charge is 0.0725 e. The Labute approximate surface area is 393 Å². The van der Waals surface area contributed by atoms with E-state index >= 15 is 0 Å². The van der Waals surface area contributed by atoms with Crippen molar-refractivity contribution in [2.24, 2.45) is 5.73 Å². The van der Waals surface area contributed by atoms with Crippen LogP contribution in [0.3, 0.4) is 0 Å². The maximum atomic E-state index is 5.42. The topological polar surface area (TPSA) is 26.0 Å². The van der Waals surface area contributed by atoms with Gasteiger partial charge in [-0.1, -0.05) is 246 Å². The molecule has 11 rings (SSSR count). The van der Waals surface area contributed by atoms with E-state index in [1.807, 2.05) is 32.9 Å². The average molecular weight is 854 g/mol. The number of allylic oxidation sites excluding steroid dienone is 6. The van der Waals surface area contributed by atoms with E-state index in [1.165, 1.54) is 94.6 Å². The zero-order valence-electron chi connectivity index (χ0n) is 39.0. The Balaban J connectivity index is 0.000000408. The summed E-state index contributed by atoms with van der Waals surface area (Å²) >= 11 is 0. The third kappa shape index (κ3) is 7.02. The van der Waals surface area contributed by atoms with Crippen LogP contribution in [-0.2, 0) is 17.3 Å². The molecular weight excluding hydrogens is 795 g/mol. The quantitative estimate of drug-likeness (QED) is 0.159. The molecule has 2 N–H and O–H groups in total. The fourth-order valence-electron chi connectivity index (χ4n) is 10.9. The molecule has 0 fully saturated rings. The Kier molecular flexibility index (Phi) is 12.3. The first-order chi connectivity index (χ1) is 32.4. The van der Waals surface area contributed by atoms with Gasteiger partial charge >= 0.3 is 0 Å². The minimum absolute atomic E-state index is 0.483. The highest BCUT2D eigenvalue weighted by molar-refractivity contribution is 5.96. The molecule has 0 radical (unpaired) electrons. The minimum Gasteiger partial charge on any atom is -0.399 e. The van der Waals surface area contributed by atoms with Crippen LogP contribution in [0, 0.1) is 0 Å². The normalized spacial score (nSPS) is 14.1. The molecule has 1 heteroatoms. The number of rotatable bonds is 7. The van der Waals surface area contributed by atoms with Crippen molar-refractivity contribution in [2.75, 3.05) is 0 Å². The van der Waals surface area contributed by atoms with Gasteiger partial charge in [0.05, 0.1) is 10.8 Å². The monoisotopic (exact) mass is 853 g/mol. The van der Waals surface area contributed by atoms with Gasteiger partial charge in [-0.25, -0.2) is 0 Å². The Hall–Kier alpha value is -7.48. The van der Waals surface area contributed by atoms with Crippen LogP contribution < -0.4 is 5.73 Å². The predicted octanol–water partition coefficient (Wildman–Crippen LogP) is 16.4. The van der Waals surface area contributed by atoms with Crippen LogP contribution in [0.15, 0.2) is 236 Å². The highest BCUT2D eigenvalue weighted by Crippen LogP contribution is 2.68. The molecule has 0 atom stereocenters. The summed E-state index contributed by atoms with van der Waals surface area (Å²) in [5, 5.41) is 0. The molecule has 0 aliphatic heterocycles. The second kappa shape index (κ2) is 18.6. The lowest BCUT2D eigenvalue weighted by atomic mass is 9.51. The predicted molar refractivity (Wildman–Crippen MR) is 282 cm³/mol. The standard InChI is InChI=1S/C54H38.C9H15N.C2H6/c1-36(30-31-37-16-3-2-4-17-37)38-32-34-39(35-33-38)40-22-15-29-51-52(40)54(47-25-11-7-20-43(47)44-21-8-12-26-48(44)54)50-28-14-13-27-49(50)53(51)45-23-9-5-18-41(45)42-19-6-10-24-46(42)53;1-4-5-6-7-8(2)9(3)10;1-2/h2-30,32-35H,31H2,1H3;5-7H,3-4,10H2,1-2H3;1-2H3/b36-30+;6-5-,8-7+;. The minimum atomic E-state index is -0.516. The third-order valence-corrected chi connectivity index (χ3v) is 13.8. The third-order valence-electron chi connectivity index (χ3n) is 13.8. The van der Waals surface area contributed by atoms with E-state index in [0.717, 1.165) is 18.4 Å². The van der Waals surface area contributed by atoms with Crippen LogP contribution in [0.25, 0.3) is 39.0 Å². The molecule has 0 bridgehead atoms. The van der Waals surface area contributed by atoms with Crippen molar-refractivity contribution < 1.29 is 0 Å². The van der Waals surface area contributed by atoms with Gasteiger partial charge in [-0.05, 0) is 127 Å². The van der Waals surface area contributed by atoms with E-state index in [1.54, 1.807) is 0 Å². The van der Waals surface area contributed by atoms with Crippen LogP contribution in [-0.4, -0.2) is 0 Å². The van der Waals surface area contributed by atoms with Gasteiger partial charge in [-0.15, -0.1) is 0 Å². The zero-order valence-corrected chi connectivity index (χ0v) is 39.0. The second-order valence-electron chi connectivity index (χ2n) is 17.3. The Bertz CT molecular complexity index is 3060. The molecule has 3 aliphatic rings. The van der Waals surface area contributed by atoms with Crippen LogP contribution in [0.1, 0.15) is 96.7 Å². The highest BCUT2D eigenvalue weighted by atomic mass is 14.6. The number of hydrogen-bond donors (Lipinski definition) is 1. The van der Waals surface area contributed by atoms with Crippen molar-refractivity contribution in [3.05, 3.63) is 292 Å². The van der Waals surface area contributed by atoms with E-state index in [0.29, 0.717) is 5.70 Å². The van der Waals surface area contributed by atoms with Gasteiger partial charge in [0.25, 0.3) is 0 Å². The molecule has 0 heterocycles. The van der Waals surface area contributed by atoms with Gasteiger partial charge in [0.1, 0.15) is 0 Å². The molecule has 8 aromatic rings. The summed E-state index contributed by atoms with van der Waals surface area (Å²) < 4.78 is 0. The number of fused-ring (bicyclic) bond motifs is 16. The Morgan fingerprint density at radius 2 is 0.909 bits per heavy atom. The SMILES string of the molecule is C/C(=C\Cc1ccccc1)c1ccc(-c2cccc3c2C2(c4ccccc4-c4ccccc42)c2ccccc2C32c3ccccc3-c3ccccc32)cc1.C=C(N)/C(C)=C/C=C\CC.CC. The lowest BCUT2D eigenvalue weighted by molar-refractivity contribution is 0.634. The zero-order chi connectivity index (χ0) is 45.8. The summed E-state index contributed by atoms with van der Waals surface area (Å²) in [5.41, 5.74) is 28.7. The van der Waals surface area contributed by atoms with E-state index in [9.17, 15) is 0 Å². The first-order valence-electron chi connectivity index (χ1n) is 23.6. The first kappa shape index (κ1) is 43.8. The van der Waals surface area contributed by atoms with Gasteiger partial charge in [0.2, 0.25) is 0 Å². The van der Waals surface area contributed by atoms with E-state index in [2.05, 4.69) is 227 Å². The average Bonchev–Trinajstić information content (AvgIpc) is 3.84. The van der Waals surface area contributed by atoms with Crippen molar-refractivity contribution >= 4 is 5.57 Å². The summed E-state index contributed by atoms with van der Waals surface area (Å²) in [4.78, 5) is 0. The van der Waals surface area contributed by atoms with E-state index < -0.39 is 10.8 Å². The molecule has 8 aromatic carbocycles. The Morgan fingerprint density at radius 3 is 1.41 bits per heavy atom. The van der Waals surface area contributed by atoms with Crippen molar-refractivity contribution in [1.29, 1.82) is 0 Å². The lowest BCUT2D eigenvalue weighted by Crippen LogP contribution is -2.44. The molecule has 66 heavy (non-hydrogen) atoms. The first-order valence-corrected chi connectivity index (χ1v) is 23.6. The second-order valence-corrected chi connectivity index (χ2v) is 17.3. The van der Waals surface area contributed by atoms with Gasteiger partial charge in [-0.2, -0.15) is 0 Å². The molecule has 0 saturated heterocycles. The van der Waals surface area contributed by atoms with Crippen molar-refractivity contribution in [1.82, 2.24) is 0 Å². The van der Waals surface area contributed by atoms with E-state index in [4.69, 9.17) is 5.73 Å². The van der Waals surface area contributed by atoms with Crippen LogP contribution in [0.4, 0.5) is 0 Å². The molecular formula is C65H59N. The van der Waals surface area contributed by atoms with Gasteiger partial charge in [0, 0.05) is 5.70 Å². The number of hydrogen-bond acceptors (Lipinski definition) is 1. The van der Waals surface area contributed by atoms with Crippen molar-refractivity contribution in [3.8, 4) is 33.4 Å². The summed E-state index contributed by atoms with van der Waals surface area (Å²) in [5.74, 6) is 0. The van der Waals surface area contributed by atoms with Gasteiger partial charge in [-0.3, -0.25) is 0 Å². The summed E-state index contributed by atoms with van der Waals surface area (Å²) in [6.07, 6.45) is 10.4. The Morgan fingerprint density at radius 1 is 0.485 bits per heavy atom. The van der Waals surface area contributed by atoms with Crippen molar-refractivity contribution in [2.45, 2.75) is 58.3 Å². The molecule has 3 aliphatic carbocycles. The molecule has 0 aromatic heterocycles. The maximum absolute atomic E-state index is 5.42. The molecule has 0 saturated carbocycles. The maximum Gasteiger partial charge on any atom is 0.0725 e. The lowest BCUT2D eigenvalue weighted by Gasteiger charge is -2.49. The number of benzene rings is 8. The van der Waals surface area contributed by atoms with Gasteiger partial charge < -0.3 is 5.73 Å². The van der Waals surface area contributed by atoms with E-state index in [-0.39, 0.29) is 0 Å². The fraction of sp³-hybridized carbons (Fsp3) is 0.138. The van der Waals surface area contributed by atoms with Crippen molar-refractivity contribution in [3.63, 3.8) is 0 Å². The fourth-order valence-corrected chi connectivity index (χ4v) is 10.9. The van der Waals surface area contributed by atoms with Crippen LogP contribution >= 0.6 is 0 Å². The molecule has 0 amide bonds. The molecule has 0 unspecified atom stereocenters. The summed E-state index contributed by atoms with van der Waals surface area (Å²) in [6, 6.07) is 73.2. The molecule has 1 nitrogen and oxygen atoms in total. The molecule has 2 spiro atoms. The van der Waals surface area contributed by atoms with Crippen LogP contribution in [0.5, 0.6) is 0 Å². The largest absolute Gasteiger partial charge is 0.399 e. The van der Waals surface area contributed by atoms with Gasteiger partial charge in [0.15, 0.2) is 0 Å². The number of nitrogens with two attached hydrogens (primary N) is 1. The summed E-state index contributed by atoms with van der Waals surface area (Å²) in [7, 11) is 0. The van der Waals surface area contributed by atoms with Crippen LogP contribution in [0.2, 0.25) is 0 Å². The summed E-state index contributed by atoms with van der Waals surface area (Å²) in [6.45, 7) is 13.9. The highest BCUT2D eigenvalue weighted by Gasteiger charge is 2.59.